The molecule has 0 aliphatic heterocycles. The van der Waals surface area contributed by atoms with Crippen molar-refractivity contribution < 1.29 is 9.90 Å². The highest BCUT2D eigenvalue weighted by Gasteiger charge is 2.25. The minimum absolute atomic E-state index is 0.0619. The predicted molar refractivity (Wildman–Crippen MR) is 96.9 cm³/mol. The van der Waals surface area contributed by atoms with Gasteiger partial charge in [-0.1, -0.05) is 37.5 Å². The van der Waals surface area contributed by atoms with Gasteiger partial charge in [-0.05, 0) is 43.7 Å². The Morgan fingerprint density at radius 3 is 2.79 bits per heavy atom. The number of aliphatic hydroxyl groups is 1. The van der Waals surface area contributed by atoms with Crippen molar-refractivity contribution in [3.63, 3.8) is 0 Å². The molecule has 1 aliphatic rings. The molecule has 0 radical (unpaired) electrons. The lowest BCUT2D eigenvalue weighted by Crippen LogP contribution is -2.42. The molecule has 1 atom stereocenters. The average molecular weight is 328 g/mol. The van der Waals surface area contributed by atoms with Gasteiger partial charge in [0.25, 0.3) is 0 Å². The quantitative estimate of drug-likeness (QED) is 0.760. The van der Waals surface area contributed by atoms with Gasteiger partial charge in [0, 0.05) is 29.2 Å². The lowest BCUT2D eigenvalue weighted by atomic mass is 9.82. The summed E-state index contributed by atoms with van der Waals surface area (Å²) in [6.07, 6.45) is 7.15. The zero-order valence-corrected chi connectivity index (χ0v) is 14.5. The first-order valence-corrected chi connectivity index (χ1v) is 9.15. The number of carbonyl (C=O) groups excluding carboxylic acids is 1. The fourth-order valence-electron chi connectivity index (χ4n) is 4.08. The summed E-state index contributed by atoms with van der Waals surface area (Å²) in [6.45, 7) is 2.16. The second kappa shape index (κ2) is 7.84. The summed E-state index contributed by atoms with van der Waals surface area (Å²) in [5, 5.41) is 13.7. The Kier molecular flexibility index (Phi) is 5.56. The van der Waals surface area contributed by atoms with Crippen molar-refractivity contribution in [1.82, 2.24) is 10.3 Å². The number of benzene rings is 1. The highest BCUT2D eigenvalue weighted by Crippen LogP contribution is 2.28. The molecule has 130 valence electrons. The van der Waals surface area contributed by atoms with E-state index in [9.17, 15) is 9.90 Å². The smallest absolute Gasteiger partial charge is 0.224 e. The number of nitrogens with one attached hydrogen (secondary N) is 2. The highest BCUT2D eigenvalue weighted by molar-refractivity contribution is 5.90. The van der Waals surface area contributed by atoms with Crippen molar-refractivity contribution >= 4 is 16.8 Å². The number of carbonyl (C=O) groups is 1. The molecule has 1 unspecified atom stereocenters. The van der Waals surface area contributed by atoms with Crippen LogP contribution in [-0.2, 0) is 11.2 Å². The van der Waals surface area contributed by atoms with E-state index in [2.05, 4.69) is 16.4 Å². The Hall–Kier alpha value is -1.81. The van der Waals surface area contributed by atoms with Gasteiger partial charge < -0.3 is 15.4 Å². The van der Waals surface area contributed by atoms with Crippen LogP contribution in [0.15, 0.2) is 24.3 Å². The first-order chi connectivity index (χ1) is 11.7. The third-order valence-electron chi connectivity index (χ3n) is 5.37. The molecule has 3 rings (SSSR count). The minimum Gasteiger partial charge on any atom is -0.396 e. The number of aliphatic hydroxyl groups excluding tert-OH is 1. The summed E-state index contributed by atoms with van der Waals surface area (Å²) >= 11 is 0. The van der Waals surface area contributed by atoms with E-state index >= 15 is 0 Å². The molecule has 1 aliphatic carbocycles. The molecule has 2 aromatic rings. The van der Waals surface area contributed by atoms with Gasteiger partial charge >= 0.3 is 0 Å². The molecule has 1 heterocycles. The second-order valence-electron chi connectivity index (χ2n) is 7.04. The van der Waals surface area contributed by atoms with Crippen LogP contribution in [0.5, 0.6) is 0 Å². The van der Waals surface area contributed by atoms with Gasteiger partial charge in [-0.3, -0.25) is 4.79 Å². The van der Waals surface area contributed by atoms with Gasteiger partial charge in [0.15, 0.2) is 0 Å². The van der Waals surface area contributed by atoms with Crippen LogP contribution in [0, 0.1) is 12.8 Å². The molecule has 1 fully saturated rings. The number of aromatic nitrogens is 1. The second-order valence-corrected chi connectivity index (χ2v) is 7.04. The van der Waals surface area contributed by atoms with E-state index in [0.29, 0.717) is 18.8 Å². The number of aryl methyl sites for hydroxylation is 1. The SMILES string of the molecule is Cc1[nH]c2ccccc2c1CC(=O)NC(CCO)C1CCCCC1. The zero-order chi connectivity index (χ0) is 16.9. The zero-order valence-electron chi connectivity index (χ0n) is 14.5. The Labute approximate surface area is 143 Å². The molecule has 3 N–H and O–H groups in total. The van der Waals surface area contributed by atoms with Gasteiger partial charge in [-0.2, -0.15) is 0 Å². The summed E-state index contributed by atoms with van der Waals surface area (Å²) in [7, 11) is 0. The van der Waals surface area contributed by atoms with E-state index in [4.69, 9.17) is 0 Å². The normalized spacial score (nSPS) is 17.1. The largest absolute Gasteiger partial charge is 0.396 e. The molecular weight excluding hydrogens is 300 g/mol. The number of aromatic amines is 1. The Bertz CT molecular complexity index is 686. The molecule has 1 aromatic heterocycles. The van der Waals surface area contributed by atoms with Crippen molar-refractivity contribution in [1.29, 1.82) is 0 Å². The van der Waals surface area contributed by atoms with Crippen molar-refractivity contribution in [3.8, 4) is 0 Å². The fraction of sp³-hybridized carbons (Fsp3) is 0.550. The first-order valence-electron chi connectivity index (χ1n) is 9.15. The van der Waals surface area contributed by atoms with Crippen LogP contribution < -0.4 is 5.32 Å². The van der Waals surface area contributed by atoms with Gasteiger partial charge in [0.2, 0.25) is 5.91 Å². The lowest BCUT2D eigenvalue weighted by molar-refractivity contribution is -0.121. The highest BCUT2D eigenvalue weighted by atomic mass is 16.3. The number of rotatable bonds is 6. The van der Waals surface area contributed by atoms with E-state index in [0.717, 1.165) is 35.0 Å². The van der Waals surface area contributed by atoms with Crippen molar-refractivity contribution in [2.75, 3.05) is 6.61 Å². The third kappa shape index (κ3) is 3.81. The molecule has 1 amide bonds. The first kappa shape index (κ1) is 17.0. The molecule has 0 spiro atoms. The summed E-state index contributed by atoms with van der Waals surface area (Å²) in [5.74, 6) is 0.575. The number of para-hydroxylation sites is 1. The Morgan fingerprint density at radius 1 is 1.29 bits per heavy atom. The maximum Gasteiger partial charge on any atom is 0.224 e. The van der Waals surface area contributed by atoms with Crippen LogP contribution in [0.25, 0.3) is 10.9 Å². The van der Waals surface area contributed by atoms with Gasteiger partial charge in [0.1, 0.15) is 0 Å². The van der Waals surface area contributed by atoms with Crippen molar-refractivity contribution in [2.45, 2.75) is 57.9 Å². The van der Waals surface area contributed by atoms with E-state index in [1.165, 1.54) is 19.3 Å². The molecule has 1 aromatic carbocycles. The molecule has 4 nitrogen and oxygen atoms in total. The summed E-state index contributed by atoms with van der Waals surface area (Å²) in [4.78, 5) is 16.0. The van der Waals surface area contributed by atoms with Crippen LogP contribution in [0.1, 0.15) is 49.8 Å². The maximum absolute atomic E-state index is 12.6. The van der Waals surface area contributed by atoms with Crippen LogP contribution in [0.2, 0.25) is 0 Å². The maximum atomic E-state index is 12.6. The van der Waals surface area contributed by atoms with E-state index < -0.39 is 0 Å². The summed E-state index contributed by atoms with van der Waals surface area (Å²) < 4.78 is 0. The van der Waals surface area contributed by atoms with Gasteiger partial charge in [0.05, 0.1) is 6.42 Å². The topological polar surface area (TPSA) is 65.1 Å². The molecule has 1 saturated carbocycles. The summed E-state index contributed by atoms with van der Waals surface area (Å²) in [5.41, 5.74) is 3.22. The summed E-state index contributed by atoms with van der Waals surface area (Å²) in [6, 6.07) is 8.22. The van der Waals surface area contributed by atoms with Gasteiger partial charge in [-0.25, -0.2) is 0 Å². The van der Waals surface area contributed by atoms with Crippen molar-refractivity contribution in [2.24, 2.45) is 5.92 Å². The predicted octanol–water partition coefficient (Wildman–Crippen LogP) is 3.47. The number of amides is 1. The van der Waals surface area contributed by atoms with Gasteiger partial charge in [-0.15, -0.1) is 0 Å². The number of hydrogen-bond donors (Lipinski definition) is 3. The molecule has 24 heavy (non-hydrogen) atoms. The van der Waals surface area contributed by atoms with Crippen LogP contribution in [0.3, 0.4) is 0 Å². The molecular formula is C20H28N2O2. The van der Waals surface area contributed by atoms with Crippen molar-refractivity contribution in [3.05, 3.63) is 35.5 Å². The number of hydrogen-bond acceptors (Lipinski definition) is 2. The Morgan fingerprint density at radius 2 is 2.04 bits per heavy atom. The van der Waals surface area contributed by atoms with E-state index in [1.807, 2.05) is 25.1 Å². The Balaban J connectivity index is 1.69. The van der Waals surface area contributed by atoms with E-state index in [-0.39, 0.29) is 18.6 Å². The number of fused-ring (bicyclic) bond motifs is 1. The van der Waals surface area contributed by atoms with Crippen LogP contribution >= 0.6 is 0 Å². The molecule has 4 heteroatoms. The van der Waals surface area contributed by atoms with Crippen LogP contribution in [-0.4, -0.2) is 28.6 Å². The van der Waals surface area contributed by atoms with E-state index in [1.54, 1.807) is 0 Å². The standard InChI is InChI=1S/C20H28N2O2/c1-14-17(16-9-5-6-10-19(16)21-14)13-20(24)22-18(11-12-23)15-7-3-2-4-8-15/h5-6,9-10,15,18,21,23H,2-4,7-8,11-13H2,1H3,(H,22,24). The average Bonchev–Trinajstić information content (AvgIpc) is 2.91. The number of H-pyrrole nitrogens is 1. The third-order valence-corrected chi connectivity index (χ3v) is 5.37. The molecule has 0 saturated heterocycles. The molecule has 0 bridgehead atoms. The van der Waals surface area contributed by atoms with Crippen LogP contribution in [0.4, 0.5) is 0 Å². The monoisotopic (exact) mass is 328 g/mol. The minimum atomic E-state index is 0.0619. The fourth-order valence-corrected chi connectivity index (χ4v) is 4.08. The lowest BCUT2D eigenvalue weighted by Gasteiger charge is -2.30.